The van der Waals surface area contributed by atoms with Gasteiger partial charge in [-0.25, -0.2) is 8.42 Å². The van der Waals surface area contributed by atoms with Crippen LogP contribution in [0.4, 0.5) is 0 Å². The maximum Gasteiger partial charge on any atom is 0.244 e. The maximum absolute atomic E-state index is 13.3. The van der Waals surface area contributed by atoms with E-state index in [2.05, 4.69) is 10.3 Å². The molecule has 0 aliphatic carbocycles. The molecule has 0 saturated carbocycles. The van der Waals surface area contributed by atoms with E-state index in [0.717, 1.165) is 16.9 Å². The summed E-state index contributed by atoms with van der Waals surface area (Å²) in [5.41, 5.74) is 2.41. The number of sulfone groups is 1. The second-order valence-corrected chi connectivity index (χ2v) is 10.2. The smallest absolute Gasteiger partial charge is 0.244 e. The highest BCUT2D eigenvalue weighted by atomic mass is 32.2. The van der Waals surface area contributed by atoms with Crippen molar-refractivity contribution in [3.05, 3.63) is 132 Å². The van der Waals surface area contributed by atoms with E-state index in [9.17, 15) is 13.2 Å². The second kappa shape index (κ2) is 12.0. The fourth-order valence-corrected chi connectivity index (χ4v) is 5.25. The molecule has 6 nitrogen and oxygen atoms in total. The lowest BCUT2D eigenvalue weighted by Crippen LogP contribution is -2.31. The largest absolute Gasteiger partial charge is 0.489 e. The quantitative estimate of drug-likeness (QED) is 0.311. The Morgan fingerprint density at radius 1 is 0.889 bits per heavy atom. The lowest BCUT2D eigenvalue weighted by atomic mass is 10.2. The van der Waals surface area contributed by atoms with Crippen molar-refractivity contribution in [1.29, 1.82) is 0 Å². The molecule has 7 heteroatoms. The fraction of sp³-hybridized carbons (Fsp3) is 0.103. The molecule has 4 rings (SSSR count). The number of nitrogens with one attached hydrogen (secondary N) is 1. The number of aromatic nitrogens is 1. The first kappa shape index (κ1) is 24.9. The summed E-state index contributed by atoms with van der Waals surface area (Å²) in [6.07, 6.45) is 6.14. The zero-order valence-electron chi connectivity index (χ0n) is 19.5. The topological polar surface area (TPSA) is 85.4 Å². The molecule has 1 N–H and O–H groups in total. The van der Waals surface area contributed by atoms with Crippen LogP contribution in [0.3, 0.4) is 0 Å². The number of hydrogen-bond acceptors (Lipinski definition) is 5. The first-order valence-corrected chi connectivity index (χ1v) is 13.0. The van der Waals surface area contributed by atoms with Crippen LogP contribution in [0.15, 0.2) is 120 Å². The zero-order chi connectivity index (χ0) is 25.2. The molecule has 0 bridgehead atoms. The Morgan fingerprint density at radius 3 is 2.25 bits per heavy atom. The van der Waals surface area contributed by atoms with Crippen LogP contribution in [-0.2, 0) is 21.2 Å². The van der Waals surface area contributed by atoms with Crippen LogP contribution < -0.4 is 10.1 Å². The van der Waals surface area contributed by atoms with E-state index in [0.29, 0.717) is 12.2 Å². The van der Waals surface area contributed by atoms with Gasteiger partial charge in [0.1, 0.15) is 17.6 Å². The third-order valence-corrected chi connectivity index (χ3v) is 7.64. The number of rotatable bonds is 10. The van der Waals surface area contributed by atoms with Gasteiger partial charge in [-0.1, -0.05) is 66.7 Å². The summed E-state index contributed by atoms with van der Waals surface area (Å²) in [4.78, 5) is 16.8. The molecule has 0 fully saturated rings. The van der Waals surface area contributed by atoms with Crippen molar-refractivity contribution in [2.24, 2.45) is 0 Å². The Bertz CT molecular complexity index is 1390. The Labute approximate surface area is 211 Å². The van der Waals surface area contributed by atoms with Gasteiger partial charge < -0.3 is 10.1 Å². The SMILES string of the molecule is O=C(/C=C/c1ccc(OCc2ccccc2)cc1)NCC(c1cccnc1)S(=O)(=O)c1ccccc1. The predicted molar refractivity (Wildman–Crippen MR) is 140 cm³/mol. The van der Waals surface area contributed by atoms with Gasteiger partial charge in [-0.15, -0.1) is 0 Å². The van der Waals surface area contributed by atoms with Crippen LogP contribution in [-0.4, -0.2) is 25.9 Å². The van der Waals surface area contributed by atoms with Gasteiger partial charge in [0.2, 0.25) is 5.91 Å². The zero-order valence-corrected chi connectivity index (χ0v) is 20.3. The molecule has 0 saturated heterocycles. The third kappa shape index (κ3) is 6.67. The molecule has 3 aromatic carbocycles. The van der Waals surface area contributed by atoms with E-state index >= 15 is 0 Å². The van der Waals surface area contributed by atoms with E-state index in [1.807, 2.05) is 54.6 Å². The molecule has 36 heavy (non-hydrogen) atoms. The summed E-state index contributed by atoms with van der Waals surface area (Å²) in [6.45, 7) is 0.390. The summed E-state index contributed by atoms with van der Waals surface area (Å²) < 4.78 is 32.4. The summed E-state index contributed by atoms with van der Waals surface area (Å²) >= 11 is 0. The van der Waals surface area contributed by atoms with Gasteiger partial charge in [-0.3, -0.25) is 9.78 Å². The van der Waals surface area contributed by atoms with Crippen LogP contribution in [0, 0.1) is 0 Å². The van der Waals surface area contributed by atoms with Crippen LogP contribution in [0.1, 0.15) is 21.9 Å². The first-order valence-electron chi connectivity index (χ1n) is 11.4. The Hall–Kier alpha value is -4.23. The molecule has 182 valence electrons. The van der Waals surface area contributed by atoms with Crippen LogP contribution in [0.2, 0.25) is 0 Å². The molecule has 1 atom stereocenters. The predicted octanol–water partition coefficient (Wildman–Crippen LogP) is 5.01. The molecule has 0 aliphatic heterocycles. The Balaban J connectivity index is 1.38. The second-order valence-electron chi connectivity index (χ2n) is 8.05. The molecule has 0 radical (unpaired) electrons. The minimum atomic E-state index is -3.74. The maximum atomic E-state index is 13.3. The number of ether oxygens (including phenoxy) is 1. The van der Waals surface area contributed by atoms with Gasteiger partial charge in [0.25, 0.3) is 0 Å². The molecule has 0 aliphatic rings. The van der Waals surface area contributed by atoms with E-state index < -0.39 is 21.0 Å². The van der Waals surface area contributed by atoms with Crippen molar-refractivity contribution in [1.82, 2.24) is 10.3 Å². The van der Waals surface area contributed by atoms with Gasteiger partial charge >= 0.3 is 0 Å². The third-order valence-electron chi connectivity index (χ3n) is 5.52. The molecule has 1 amide bonds. The van der Waals surface area contributed by atoms with Crippen molar-refractivity contribution in [3.8, 4) is 5.75 Å². The molecule has 4 aromatic rings. The van der Waals surface area contributed by atoms with Crippen molar-refractivity contribution < 1.29 is 17.9 Å². The monoisotopic (exact) mass is 498 g/mol. The summed E-state index contributed by atoms with van der Waals surface area (Å²) in [7, 11) is -3.74. The number of amides is 1. The standard InChI is InChI=1S/C29H26N2O4S/c32-29(18-15-23-13-16-26(17-14-23)35-22-24-8-3-1-4-9-24)31-21-28(25-10-7-19-30-20-25)36(33,34)27-11-5-2-6-12-27/h1-20,28H,21-22H2,(H,31,32)/b18-15+. The van der Waals surface area contributed by atoms with Crippen molar-refractivity contribution in [2.75, 3.05) is 6.54 Å². The average Bonchev–Trinajstić information content (AvgIpc) is 2.93. The van der Waals surface area contributed by atoms with E-state index in [1.54, 1.807) is 54.7 Å². The molecular weight excluding hydrogens is 472 g/mol. The van der Waals surface area contributed by atoms with Crippen LogP contribution in [0.5, 0.6) is 5.75 Å². The fourth-order valence-electron chi connectivity index (χ4n) is 3.59. The Morgan fingerprint density at radius 2 is 1.58 bits per heavy atom. The van der Waals surface area contributed by atoms with Crippen molar-refractivity contribution >= 4 is 21.8 Å². The summed E-state index contributed by atoms with van der Waals surface area (Å²) in [5.74, 6) is 0.336. The highest BCUT2D eigenvalue weighted by Gasteiger charge is 2.29. The Kier molecular flexibility index (Phi) is 8.26. The number of pyridine rings is 1. The average molecular weight is 499 g/mol. The molecule has 1 unspecified atom stereocenters. The minimum Gasteiger partial charge on any atom is -0.489 e. The summed E-state index contributed by atoms with van der Waals surface area (Å²) in [6, 6.07) is 28.8. The molecule has 1 heterocycles. The van der Waals surface area contributed by atoms with E-state index in [-0.39, 0.29) is 11.4 Å². The summed E-state index contributed by atoms with van der Waals surface area (Å²) in [5, 5.41) is 1.75. The van der Waals surface area contributed by atoms with E-state index in [4.69, 9.17) is 4.74 Å². The number of carbonyl (C=O) groups excluding carboxylic acids is 1. The highest BCUT2D eigenvalue weighted by Crippen LogP contribution is 2.28. The lowest BCUT2D eigenvalue weighted by molar-refractivity contribution is -0.116. The highest BCUT2D eigenvalue weighted by molar-refractivity contribution is 7.91. The van der Waals surface area contributed by atoms with Crippen molar-refractivity contribution in [2.45, 2.75) is 16.8 Å². The molecule has 1 aromatic heterocycles. The van der Waals surface area contributed by atoms with Gasteiger partial charge in [0.05, 0.1) is 4.90 Å². The molecular formula is C29H26N2O4S. The number of nitrogens with zero attached hydrogens (tertiary/aromatic N) is 1. The number of benzene rings is 3. The first-order chi connectivity index (χ1) is 17.5. The number of hydrogen-bond donors (Lipinski definition) is 1. The van der Waals surface area contributed by atoms with Gasteiger partial charge in [0, 0.05) is 25.0 Å². The van der Waals surface area contributed by atoms with Gasteiger partial charge in [-0.2, -0.15) is 0 Å². The molecule has 0 spiro atoms. The van der Waals surface area contributed by atoms with Gasteiger partial charge in [-0.05, 0) is 53.1 Å². The van der Waals surface area contributed by atoms with Gasteiger partial charge in [0.15, 0.2) is 9.84 Å². The van der Waals surface area contributed by atoms with E-state index in [1.165, 1.54) is 12.3 Å². The van der Waals surface area contributed by atoms with Crippen LogP contribution in [0.25, 0.3) is 6.08 Å². The van der Waals surface area contributed by atoms with Crippen molar-refractivity contribution in [3.63, 3.8) is 0 Å². The lowest BCUT2D eigenvalue weighted by Gasteiger charge is -2.18. The number of carbonyl (C=O) groups is 1. The normalized spacial score (nSPS) is 12.2. The van der Waals surface area contributed by atoms with Crippen LogP contribution >= 0.6 is 0 Å². The minimum absolute atomic E-state index is 0.0850.